The number of hydrogen-bond acceptors (Lipinski definition) is 5. The third-order valence-electron chi connectivity index (χ3n) is 3.75. The van der Waals surface area contributed by atoms with Crippen LogP contribution in [0.5, 0.6) is 11.5 Å². The zero-order valence-corrected chi connectivity index (χ0v) is 13.5. The Labute approximate surface area is 144 Å². The maximum Gasteiger partial charge on any atom is 0.274 e. The first kappa shape index (κ1) is 16.5. The Balaban J connectivity index is 1.70. The van der Waals surface area contributed by atoms with E-state index in [2.05, 4.69) is 5.32 Å². The molecule has 7 heteroatoms. The molecule has 1 aliphatic heterocycles. The fourth-order valence-electron chi connectivity index (χ4n) is 2.48. The van der Waals surface area contributed by atoms with Crippen molar-refractivity contribution < 1.29 is 19.2 Å². The third-order valence-corrected chi connectivity index (χ3v) is 3.75. The summed E-state index contributed by atoms with van der Waals surface area (Å²) in [7, 11) is 0. The van der Waals surface area contributed by atoms with E-state index in [1.807, 2.05) is 6.92 Å². The largest absolute Gasteiger partial charge is 0.454 e. The Bertz CT molecular complexity index is 861. The maximum absolute atomic E-state index is 12.0. The Morgan fingerprint density at radius 1 is 1.24 bits per heavy atom. The number of carbonyl (C=O) groups excluding carboxylic acids is 1. The van der Waals surface area contributed by atoms with Crippen molar-refractivity contribution >= 4 is 23.4 Å². The number of carbonyl (C=O) groups is 1. The van der Waals surface area contributed by atoms with Gasteiger partial charge in [-0.25, -0.2) is 0 Å². The van der Waals surface area contributed by atoms with Crippen LogP contribution in [0, 0.1) is 10.1 Å². The van der Waals surface area contributed by atoms with Gasteiger partial charge in [0.25, 0.3) is 5.69 Å². The average Bonchev–Trinajstić information content (AvgIpc) is 3.07. The van der Waals surface area contributed by atoms with Crippen LogP contribution < -0.4 is 14.8 Å². The molecule has 0 fully saturated rings. The van der Waals surface area contributed by atoms with Crippen molar-refractivity contribution in [3.8, 4) is 11.5 Å². The fraction of sp³-hybridized carbons (Fsp3) is 0.167. The molecule has 0 spiro atoms. The molecule has 0 saturated heterocycles. The van der Waals surface area contributed by atoms with Crippen molar-refractivity contribution in [2.75, 3.05) is 12.1 Å². The van der Waals surface area contributed by atoms with E-state index in [4.69, 9.17) is 9.47 Å². The topological polar surface area (TPSA) is 90.7 Å². The molecule has 0 aromatic heterocycles. The lowest BCUT2D eigenvalue weighted by Crippen LogP contribution is -2.08. The van der Waals surface area contributed by atoms with E-state index < -0.39 is 4.92 Å². The highest BCUT2D eigenvalue weighted by molar-refractivity contribution is 6.02. The summed E-state index contributed by atoms with van der Waals surface area (Å²) in [5.74, 6) is 0.925. The van der Waals surface area contributed by atoms with E-state index in [1.165, 1.54) is 12.1 Å². The fourth-order valence-corrected chi connectivity index (χ4v) is 2.48. The number of rotatable bonds is 5. The molecule has 7 nitrogen and oxygen atoms in total. The number of anilines is 1. The van der Waals surface area contributed by atoms with Gasteiger partial charge in [0.1, 0.15) is 0 Å². The van der Waals surface area contributed by atoms with Gasteiger partial charge in [-0.3, -0.25) is 14.9 Å². The van der Waals surface area contributed by atoms with Crippen LogP contribution in [0.3, 0.4) is 0 Å². The molecule has 1 heterocycles. The van der Waals surface area contributed by atoms with Gasteiger partial charge in [-0.1, -0.05) is 19.1 Å². The van der Waals surface area contributed by atoms with Gasteiger partial charge in [0.05, 0.1) is 4.92 Å². The number of ether oxygens (including phenoxy) is 2. The van der Waals surface area contributed by atoms with Crippen LogP contribution >= 0.6 is 0 Å². The second-order valence-electron chi connectivity index (χ2n) is 5.39. The Morgan fingerprint density at radius 2 is 2.04 bits per heavy atom. The number of benzene rings is 2. The van der Waals surface area contributed by atoms with E-state index >= 15 is 0 Å². The molecule has 2 aromatic carbocycles. The minimum Gasteiger partial charge on any atom is -0.454 e. The quantitative estimate of drug-likeness (QED) is 0.511. The number of hydrogen-bond donors (Lipinski definition) is 1. The van der Waals surface area contributed by atoms with Gasteiger partial charge in [-0.05, 0) is 36.3 Å². The number of nitro benzene ring substituents is 1. The lowest BCUT2D eigenvalue weighted by atomic mass is 10.1. The number of nitrogens with zero attached hydrogens (tertiary/aromatic N) is 1. The van der Waals surface area contributed by atoms with Crippen LogP contribution in [0.15, 0.2) is 42.5 Å². The summed E-state index contributed by atoms with van der Waals surface area (Å²) in [6.45, 7) is 2.03. The normalized spacial score (nSPS) is 12.4. The van der Waals surface area contributed by atoms with Crippen LogP contribution in [-0.4, -0.2) is 17.6 Å². The first-order chi connectivity index (χ1) is 12.1. The van der Waals surface area contributed by atoms with Gasteiger partial charge in [0.2, 0.25) is 12.7 Å². The Kier molecular flexibility index (Phi) is 4.65. The van der Waals surface area contributed by atoms with Gasteiger partial charge in [0, 0.05) is 23.4 Å². The molecule has 1 aliphatic rings. The molecule has 1 amide bonds. The minimum atomic E-state index is -0.447. The number of aryl methyl sites for hydroxylation is 1. The van der Waals surface area contributed by atoms with E-state index in [1.54, 1.807) is 36.4 Å². The number of nitro groups is 1. The summed E-state index contributed by atoms with van der Waals surface area (Å²) in [6, 6.07) is 10.0. The van der Waals surface area contributed by atoms with Crippen molar-refractivity contribution in [2.24, 2.45) is 0 Å². The summed E-state index contributed by atoms with van der Waals surface area (Å²) >= 11 is 0. The first-order valence-corrected chi connectivity index (χ1v) is 7.73. The first-order valence-electron chi connectivity index (χ1n) is 7.73. The van der Waals surface area contributed by atoms with Crippen LogP contribution in [0.4, 0.5) is 11.4 Å². The molecule has 3 rings (SSSR count). The third kappa shape index (κ3) is 3.77. The Hall–Kier alpha value is -3.35. The van der Waals surface area contributed by atoms with Gasteiger partial charge >= 0.3 is 0 Å². The Morgan fingerprint density at radius 3 is 2.80 bits per heavy atom. The maximum atomic E-state index is 12.0. The summed E-state index contributed by atoms with van der Waals surface area (Å²) in [6.07, 6.45) is 3.54. The second kappa shape index (κ2) is 7.04. The summed E-state index contributed by atoms with van der Waals surface area (Å²) in [5.41, 5.74) is 1.79. The zero-order chi connectivity index (χ0) is 17.8. The lowest BCUT2D eigenvalue weighted by Gasteiger charge is -2.05. The number of nitrogens with one attached hydrogen (secondary N) is 1. The molecule has 0 unspecified atom stereocenters. The standard InChI is InChI=1S/C18H16N2O5/c1-2-13-5-6-14(10-15(13)20(22)23)19-18(21)8-4-12-3-7-16-17(9-12)25-11-24-16/h3-10H,2,11H2,1H3,(H,19,21). The molecule has 0 aliphatic carbocycles. The predicted molar refractivity (Wildman–Crippen MR) is 92.7 cm³/mol. The minimum absolute atomic E-state index is 0.0000468. The molecule has 0 radical (unpaired) electrons. The molecule has 1 N–H and O–H groups in total. The van der Waals surface area contributed by atoms with Crippen molar-refractivity contribution in [2.45, 2.75) is 13.3 Å². The van der Waals surface area contributed by atoms with Crippen LogP contribution in [-0.2, 0) is 11.2 Å². The van der Waals surface area contributed by atoms with E-state index in [0.29, 0.717) is 29.2 Å². The second-order valence-corrected chi connectivity index (χ2v) is 5.39. The molecule has 0 bridgehead atoms. The predicted octanol–water partition coefficient (Wildman–Crippen LogP) is 3.54. The van der Waals surface area contributed by atoms with Gasteiger partial charge in [-0.15, -0.1) is 0 Å². The molecular formula is C18H16N2O5. The summed E-state index contributed by atoms with van der Waals surface area (Å²) in [5, 5.41) is 13.7. The van der Waals surface area contributed by atoms with Crippen LogP contribution in [0.25, 0.3) is 6.08 Å². The molecule has 128 valence electrons. The highest BCUT2D eigenvalue weighted by atomic mass is 16.7. The van der Waals surface area contributed by atoms with Gasteiger partial charge < -0.3 is 14.8 Å². The molecule has 25 heavy (non-hydrogen) atoms. The van der Waals surface area contributed by atoms with Gasteiger partial charge in [0.15, 0.2) is 11.5 Å². The lowest BCUT2D eigenvalue weighted by molar-refractivity contribution is -0.385. The highest BCUT2D eigenvalue weighted by Crippen LogP contribution is 2.32. The molecule has 0 saturated carbocycles. The van der Waals surface area contributed by atoms with Crippen molar-refractivity contribution in [3.05, 3.63) is 63.7 Å². The van der Waals surface area contributed by atoms with Crippen LogP contribution in [0.2, 0.25) is 0 Å². The molecular weight excluding hydrogens is 324 g/mol. The van der Waals surface area contributed by atoms with Crippen LogP contribution in [0.1, 0.15) is 18.1 Å². The monoisotopic (exact) mass is 340 g/mol. The van der Waals surface area contributed by atoms with Crippen molar-refractivity contribution in [1.29, 1.82) is 0 Å². The SMILES string of the molecule is CCc1ccc(NC(=O)C=Cc2ccc3c(c2)OCO3)cc1[N+](=O)[O-]. The van der Waals surface area contributed by atoms with Crippen molar-refractivity contribution in [1.82, 2.24) is 0 Å². The number of fused-ring (bicyclic) bond motifs is 1. The van der Waals surface area contributed by atoms with E-state index in [-0.39, 0.29) is 18.4 Å². The average molecular weight is 340 g/mol. The zero-order valence-electron chi connectivity index (χ0n) is 13.5. The highest BCUT2D eigenvalue weighted by Gasteiger charge is 2.14. The molecule has 0 atom stereocenters. The van der Waals surface area contributed by atoms with Gasteiger partial charge in [-0.2, -0.15) is 0 Å². The van der Waals surface area contributed by atoms with E-state index in [0.717, 1.165) is 5.56 Å². The molecule has 2 aromatic rings. The summed E-state index contributed by atoms with van der Waals surface area (Å²) < 4.78 is 10.5. The van der Waals surface area contributed by atoms with Crippen molar-refractivity contribution in [3.63, 3.8) is 0 Å². The smallest absolute Gasteiger partial charge is 0.274 e. The number of amides is 1. The summed E-state index contributed by atoms with van der Waals surface area (Å²) in [4.78, 5) is 22.7. The van der Waals surface area contributed by atoms with E-state index in [9.17, 15) is 14.9 Å².